The van der Waals surface area contributed by atoms with E-state index < -0.39 is 0 Å². The zero-order chi connectivity index (χ0) is 14.7. The highest BCUT2D eigenvalue weighted by Gasteiger charge is 2.12. The molecule has 0 spiro atoms. The van der Waals surface area contributed by atoms with Crippen molar-refractivity contribution in [2.75, 3.05) is 5.32 Å². The van der Waals surface area contributed by atoms with Crippen LogP contribution >= 0.6 is 11.6 Å². The van der Waals surface area contributed by atoms with E-state index in [1.807, 2.05) is 12.3 Å². The molecular weight excluding hydrogens is 292 g/mol. The average Bonchev–Trinajstić information content (AvgIpc) is 3.13. The van der Waals surface area contributed by atoms with Crippen molar-refractivity contribution in [2.24, 2.45) is 0 Å². The number of nitrogens with zero attached hydrogens (tertiary/aromatic N) is 3. The van der Waals surface area contributed by atoms with Crippen molar-refractivity contribution in [1.29, 1.82) is 0 Å². The van der Waals surface area contributed by atoms with Gasteiger partial charge in [0.05, 0.1) is 11.6 Å². The predicted molar refractivity (Wildman–Crippen MR) is 77.2 cm³/mol. The van der Waals surface area contributed by atoms with E-state index in [2.05, 4.69) is 15.4 Å². The van der Waals surface area contributed by atoms with Crippen molar-refractivity contribution >= 4 is 23.3 Å². The number of furan rings is 1. The van der Waals surface area contributed by atoms with Crippen LogP contribution in [0.2, 0.25) is 5.02 Å². The molecule has 3 aromatic rings. The molecule has 0 radical (unpaired) electrons. The van der Waals surface area contributed by atoms with Crippen LogP contribution in [0.25, 0.3) is 0 Å². The molecule has 6 nitrogen and oxygen atoms in total. The Labute approximate surface area is 125 Å². The Bertz CT molecular complexity index is 735. The normalized spacial score (nSPS) is 10.5. The lowest BCUT2D eigenvalue weighted by atomic mass is 10.4. The lowest BCUT2D eigenvalue weighted by Crippen LogP contribution is -2.11. The number of hydrogen-bond donors (Lipinski definition) is 1. The van der Waals surface area contributed by atoms with E-state index in [1.165, 1.54) is 6.20 Å². The second-order valence-corrected chi connectivity index (χ2v) is 4.72. The fourth-order valence-electron chi connectivity index (χ4n) is 1.77. The first-order chi connectivity index (χ1) is 10.2. The van der Waals surface area contributed by atoms with Gasteiger partial charge in [-0.05, 0) is 30.3 Å². The summed E-state index contributed by atoms with van der Waals surface area (Å²) in [6, 6.07) is 8.45. The zero-order valence-electron chi connectivity index (χ0n) is 10.9. The summed E-state index contributed by atoms with van der Waals surface area (Å²) >= 11 is 5.73. The second kappa shape index (κ2) is 5.80. The number of hydrogen-bond acceptors (Lipinski definition) is 4. The molecule has 1 N–H and O–H groups in total. The molecule has 0 saturated heterocycles. The van der Waals surface area contributed by atoms with E-state index in [4.69, 9.17) is 16.0 Å². The summed E-state index contributed by atoms with van der Waals surface area (Å²) < 4.78 is 7.20. The molecule has 0 bridgehead atoms. The molecule has 0 aliphatic heterocycles. The predicted octanol–water partition coefficient (Wildman–Crippen LogP) is 2.83. The zero-order valence-corrected chi connectivity index (χ0v) is 11.6. The molecule has 3 heterocycles. The number of amides is 1. The first-order valence-corrected chi connectivity index (χ1v) is 6.57. The van der Waals surface area contributed by atoms with Gasteiger partial charge in [-0.1, -0.05) is 11.6 Å². The third kappa shape index (κ3) is 3.29. The lowest BCUT2D eigenvalue weighted by molar-refractivity contribution is 0.0994. The molecular formula is C14H11ClN4O2. The van der Waals surface area contributed by atoms with Gasteiger partial charge >= 0.3 is 0 Å². The summed E-state index contributed by atoms with van der Waals surface area (Å²) in [5.74, 6) is 0.910. The largest absolute Gasteiger partial charge is 0.454 e. The fourth-order valence-corrected chi connectivity index (χ4v) is 1.88. The van der Waals surface area contributed by atoms with Gasteiger partial charge in [-0.2, -0.15) is 5.10 Å². The molecule has 0 aliphatic rings. The van der Waals surface area contributed by atoms with Gasteiger partial charge in [0, 0.05) is 18.6 Å². The Morgan fingerprint density at radius 3 is 2.95 bits per heavy atom. The van der Waals surface area contributed by atoms with Crippen LogP contribution in [0.5, 0.6) is 0 Å². The van der Waals surface area contributed by atoms with E-state index in [0.717, 1.165) is 0 Å². The van der Waals surface area contributed by atoms with Crippen LogP contribution in [0.3, 0.4) is 0 Å². The van der Waals surface area contributed by atoms with Gasteiger partial charge in [0.2, 0.25) is 0 Å². The number of carbonyl (C=O) groups is 1. The SMILES string of the molecule is O=C(Nc1ccc(Cl)cn1)c1ccc(Cn2cccn2)o1. The van der Waals surface area contributed by atoms with Crippen molar-refractivity contribution in [2.45, 2.75) is 6.54 Å². The Morgan fingerprint density at radius 1 is 1.33 bits per heavy atom. The molecule has 3 aromatic heterocycles. The van der Waals surface area contributed by atoms with Gasteiger partial charge < -0.3 is 9.73 Å². The number of carbonyl (C=O) groups excluding carboxylic acids is 1. The minimum Gasteiger partial charge on any atom is -0.454 e. The summed E-state index contributed by atoms with van der Waals surface area (Å²) in [6.45, 7) is 0.472. The van der Waals surface area contributed by atoms with E-state index in [-0.39, 0.29) is 11.7 Å². The quantitative estimate of drug-likeness (QED) is 0.804. The van der Waals surface area contributed by atoms with E-state index in [9.17, 15) is 4.79 Å². The van der Waals surface area contributed by atoms with Crippen LogP contribution in [0.1, 0.15) is 16.3 Å². The van der Waals surface area contributed by atoms with Crippen LogP contribution in [-0.4, -0.2) is 20.7 Å². The van der Waals surface area contributed by atoms with Crippen molar-refractivity contribution in [3.63, 3.8) is 0 Å². The number of anilines is 1. The first kappa shape index (κ1) is 13.4. The van der Waals surface area contributed by atoms with Crippen molar-refractivity contribution in [3.05, 3.63) is 65.5 Å². The van der Waals surface area contributed by atoms with Crippen LogP contribution in [0, 0.1) is 0 Å². The maximum Gasteiger partial charge on any atom is 0.292 e. The van der Waals surface area contributed by atoms with Crippen molar-refractivity contribution in [3.8, 4) is 0 Å². The van der Waals surface area contributed by atoms with E-state index >= 15 is 0 Å². The highest BCUT2D eigenvalue weighted by Crippen LogP contribution is 2.13. The Morgan fingerprint density at radius 2 is 2.24 bits per heavy atom. The molecule has 0 unspecified atom stereocenters. The first-order valence-electron chi connectivity index (χ1n) is 6.20. The maximum absolute atomic E-state index is 12.0. The molecule has 0 aliphatic carbocycles. The maximum atomic E-state index is 12.0. The summed E-state index contributed by atoms with van der Waals surface area (Å²) in [4.78, 5) is 16.0. The van der Waals surface area contributed by atoms with E-state index in [0.29, 0.717) is 23.1 Å². The minimum atomic E-state index is -0.364. The van der Waals surface area contributed by atoms with Gasteiger partial charge in [0.1, 0.15) is 11.6 Å². The number of nitrogens with one attached hydrogen (secondary N) is 1. The number of rotatable bonds is 4. The minimum absolute atomic E-state index is 0.217. The van der Waals surface area contributed by atoms with Crippen LogP contribution in [-0.2, 0) is 6.54 Å². The molecule has 0 atom stereocenters. The number of pyridine rings is 1. The van der Waals surface area contributed by atoms with Crippen LogP contribution in [0.15, 0.2) is 53.3 Å². The van der Waals surface area contributed by atoms with Crippen LogP contribution < -0.4 is 5.32 Å². The van der Waals surface area contributed by atoms with Gasteiger partial charge in [-0.3, -0.25) is 9.48 Å². The number of halogens is 1. The van der Waals surface area contributed by atoms with Crippen molar-refractivity contribution in [1.82, 2.24) is 14.8 Å². The molecule has 0 saturated carbocycles. The molecule has 0 aromatic carbocycles. The van der Waals surface area contributed by atoms with Gasteiger partial charge in [-0.15, -0.1) is 0 Å². The smallest absolute Gasteiger partial charge is 0.292 e. The third-order valence-electron chi connectivity index (χ3n) is 2.73. The summed E-state index contributed by atoms with van der Waals surface area (Å²) in [6.07, 6.45) is 4.96. The average molecular weight is 303 g/mol. The fraction of sp³-hybridized carbons (Fsp3) is 0.0714. The third-order valence-corrected chi connectivity index (χ3v) is 2.96. The summed E-state index contributed by atoms with van der Waals surface area (Å²) in [5, 5.41) is 7.21. The van der Waals surface area contributed by atoms with Gasteiger partial charge in [-0.25, -0.2) is 4.98 Å². The molecule has 7 heteroatoms. The molecule has 3 rings (SSSR count). The lowest BCUT2D eigenvalue weighted by Gasteiger charge is -2.02. The Hall–Kier alpha value is -2.60. The summed E-state index contributed by atoms with van der Waals surface area (Å²) in [7, 11) is 0. The topological polar surface area (TPSA) is 73.0 Å². The highest BCUT2D eigenvalue weighted by atomic mass is 35.5. The van der Waals surface area contributed by atoms with Gasteiger partial charge in [0.15, 0.2) is 5.76 Å². The molecule has 21 heavy (non-hydrogen) atoms. The molecule has 1 amide bonds. The highest BCUT2D eigenvalue weighted by molar-refractivity contribution is 6.30. The van der Waals surface area contributed by atoms with Crippen molar-refractivity contribution < 1.29 is 9.21 Å². The Balaban J connectivity index is 1.67. The molecule has 0 fully saturated rings. The number of aromatic nitrogens is 3. The Kier molecular flexibility index (Phi) is 3.70. The van der Waals surface area contributed by atoms with E-state index in [1.54, 1.807) is 35.1 Å². The standard InChI is InChI=1S/C14H11ClN4O2/c15-10-2-5-13(16-8-10)18-14(20)12-4-3-11(21-12)9-19-7-1-6-17-19/h1-8H,9H2,(H,16,18,20). The molecule has 106 valence electrons. The summed E-state index contributed by atoms with van der Waals surface area (Å²) in [5.41, 5.74) is 0. The monoisotopic (exact) mass is 302 g/mol. The van der Waals surface area contributed by atoms with Crippen LogP contribution in [0.4, 0.5) is 5.82 Å². The second-order valence-electron chi connectivity index (χ2n) is 4.29. The van der Waals surface area contributed by atoms with Gasteiger partial charge in [0.25, 0.3) is 5.91 Å².